The molecule has 1 amide bonds. The topological polar surface area (TPSA) is 46.6 Å². The average Bonchev–Trinajstić information content (AvgIpc) is 3.15. The van der Waals surface area contributed by atoms with Gasteiger partial charge in [-0.2, -0.15) is 0 Å². The molecule has 150 valence electrons. The second kappa shape index (κ2) is 6.89. The van der Waals surface area contributed by atoms with E-state index in [9.17, 15) is 9.59 Å². The van der Waals surface area contributed by atoms with E-state index >= 15 is 0 Å². The highest BCUT2D eigenvalue weighted by Gasteiger charge is 2.56. The van der Waals surface area contributed by atoms with Crippen molar-refractivity contribution >= 4 is 11.9 Å². The molecule has 1 aromatic carbocycles. The van der Waals surface area contributed by atoms with Gasteiger partial charge in [0.15, 0.2) is 0 Å². The Balaban J connectivity index is 1.26. The fraction of sp³-hybridized carbons (Fsp3) is 0.667. The Hall–Kier alpha value is -1.84. The van der Waals surface area contributed by atoms with Crippen LogP contribution >= 0.6 is 0 Å². The first kappa shape index (κ1) is 18.2. The molecule has 4 bridgehead atoms. The molecule has 1 aromatic rings. The molecule has 4 aliphatic carbocycles. The average molecular weight is 382 g/mol. The number of ether oxygens (including phenoxy) is 1. The number of nitrogens with zero attached hydrogens (tertiary/aromatic N) is 1. The fourth-order valence-corrected chi connectivity index (χ4v) is 6.87. The summed E-state index contributed by atoms with van der Waals surface area (Å²) >= 11 is 0. The van der Waals surface area contributed by atoms with Gasteiger partial charge in [-0.15, -0.1) is 0 Å². The lowest BCUT2D eigenvalue weighted by molar-refractivity contribution is -0.166. The largest absolute Gasteiger partial charge is 0.459 e. The van der Waals surface area contributed by atoms with E-state index in [1.807, 2.05) is 36.1 Å². The number of esters is 1. The Labute approximate surface area is 167 Å². The van der Waals surface area contributed by atoms with E-state index in [1.54, 1.807) is 0 Å². The van der Waals surface area contributed by atoms with Crippen molar-refractivity contribution in [3.05, 3.63) is 35.4 Å². The van der Waals surface area contributed by atoms with Crippen molar-refractivity contribution in [3.63, 3.8) is 0 Å². The number of hydrogen-bond acceptors (Lipinski definition) is 3. The van der Waals surface area contributed by atoms with Crippen LogP contribution in [-0.4, -0.2) is 29.4 Å². The van der Waals surface area contributed by atoms with E-state index in [-0.39, 0.29) is 29.9 Å². The molecular formula is C24H31NO3. The predicted octanol–water partition coefficient (Wildman–Crippen LogP) is 4.25. The van der Waals surface area contributed by atoms with E-state index in [2.05, 4.69) is 0 Å². The van der Waals surface area contributed by atoms with Gasteiger partial charge in [-0.1, -0.05) is 29.8 Å². The zero-order valence-corrected chi connectivity index (χ0v) is 16.9. The maximum atomic E-state index is 13.6. The van der Waals surface area contributed by atoms with Crippen LogP contribution in [0, 0.1) is 30.1 Å². The highest BCUT2D eigenvalue weighted by atomic mass is 16.5. The number of carbonyl (C=O) groups is 2. The first-order valence-electron chi connectivity index (χ1n) is 11.1. The first-order chi connectivity index (χ1) is 13.5. The normalized spacial score (nSPS) is 36.0. The van der Waals surface area contributed by atoms with Gasteiger partial charge in [0.2, 0.25) is 5.91 Å². The summed E-state index contributed by atoms with van der Waals surface area (Å²) in [7, 11) is 0. The second-order valence-electron chi connectivity index (χ2n) is 9.95. The van der Waals surface area contributed by atoms with Crippen LogP contribution in [0.15, 0.2) is 24.3 Å². The lowest BCUT2D eigenvalue weighted by atomic mass is 9.49. The zero-order valence-electron chi connectivity index (χ0n) is 16.9. The van der Waals surface area contributed by atoms with Crippen LogP contribution in [0.25, 0.3) is 0 Å². The van der Waals surface area contributed by atoms with Crippen molar-refractivity contribution in [1.29, 1.82) is 0 Å². The van der Waals surface area contributed by atoms with Crippen LogP contribution in [0.5, 0.6) is 0 Å². The van der Waals surface area contributed by atoms with E-state index in [0.29, 0.717) is 6.54 Å². The van der Waals surface area contributed by atoms with Gasteiger partial charge in [-0.3, -0.25) is 4.79 Å². The van der Waals surface area contributed by atoms with Crippen molar-refractivity contribution in [2.24, 2.45) is 23.2 Å². The predicted molar refractivity (Wildman–Crippen MR) is 106 cm³/mol. The molecule has 0 N–H and O–H groups in total. The number of hydrogen-bond donors (Lipinski definition) is 0. The van der Waals surface area contributed by atoms with Gasteiger partial charge in [-0.25, -0.2) is 4.79 Å². The van der Waals surface area contributed by atoms with Crippen LogP contribution in [0.4, 0.5) is 0 Å². The van der Waals surface area contributed by atoms with Crippen molar-refractivity contribution in [3.8, 4) is 0 Å². The van der Waals surface area contributed by atoms with Gasteiger partial charge < -0.3 is 9.64 Å². The van der Waals surface area contributed by atoms with E-state index in [1.165, 1.54) is 24.8 Å². The minimum atomic E-state index is -0.383. The lowest BCUT2D eigenvalue weighted by Crippen LogP contribution is -2.56. The maximum absolute atomic E-state index is 13.6. The van der Waals surface area contributed by atoms with Crippen LogP contribution in [0.1, 0.15) is 62.5 Å². The minimum Gasteiger partial charge on any atom is -0.459 e. The third kappa shape index (κ3) is 3.15. The molecule has 4 heteroatoms. The van der Waals surface area contributed by atoms with E-state index in [4.69, 9.17) is 4.74 Å². The Bertz CT molecular complexity index is 733. The highest BCUT2D eigenvalue weighted by molar-refractivity contribution is 5.89. The molecule has 0 aromatic heterocycles. The first-order valence-corrected chi connectivity index (χ1v) is 11.1. The van der Waals surface area contributed by atoms with Crippen LogP contribution < -0.4 is 0 Å². The summed E-state index contributed by atoms with van der Waals surface area (Å²) in [4.78, 5) is 28.3. The molecule has 1 saturated heterocycles. The molecule has 28 heavy (non-hydrogen) atoms. The van der Waals surface area contributed by atoms with Gasteiger partial charge in [0.1, 0.15) is 12.6 Å². The Morgan fingerprint density at radius 3 is 2.25 bits per heavy atom. The minimum absolute atomic E-state index is 0.172. The number of likely N-dealkylation sites (tertiary alicyclic amines) is 1. The Morgan fingerprint density at radius 1 is 1.04 bits per heavy atom. The van der Waals surface area contributed by atoms with Crippen LogP contribution in [0.2, 0.25) is 0 Å². The van der Waals surface area contributed by atoms with Gasteiger partial charge in [0, 0.05) is 6.54 Å². The molecule has 1 heterocycles. The summed E-state index contributed by atoms with van der Waals surface area (Å²) in [6.45, 7) is 3.04. The molecule has 0 unspecified atom stereocenters. The van der Waals surface area contributed by atoms with Crippen LogP contribution in [-0.2, 0) is 20.9 Å². The van der Waals surface area contributed by atoms with Crippen molar-refractivity contribution in [1.82, 2.24) is 4.90 Å². The van der Waals surface area contributed by atoms with Gasteiger partial charge in [-0.05, 0) is 81.6 Å². The molecular weight excluding hydrogens is 350 g/mol. The van der Waals surface area contributed by atoms with Crippen molar-refractivity contribution in [2.45, 2.75) is 70.9 Å². The number of aryl methyl sites for hydroxylation is 1. The number of carbonyl (C=O) groups excluding carboxylic acids is 2. The Morgan fingerprint density at radius 2 is 1.64 bits per heavy atom. The summed E-state index contributed by atoms with van der Waals surface area (Å²) in [5.41, 5.74) is 2.02. The van der Waals surface area contributed by atoms with Gasteiger partial charge >= 0.3 is 5.97 Å². The summed E-state index contributed by atoms with van der Waals surface area (Å²) in [6, 6.07) is 7.67. The fourth-order valence-electron chi connectivity index (χ4n) is 6.87. The standard InChI is InChI=1S/C24H31NO3/c1-16-4-6-17(7-5-16)15-28-22(26)21-3-2-8-25(21)23(27)24-12-18-9-19(13-24)11-20(10-18)14-24/h4-7,18-21H,2-3,8-15H2,1H3/t18?,19?,20?,21-,24?/m1/s1. The zero-order chi connectivity index (χ0) is 19.3. The van der Waals surface area contributed by atoms with Gasteiger partial charge in [0.05, 0.1) is 5.41 Å². The lowest BCUT2D eigenvalue weighted by Gasteiger charge is -2.56. The monoisotopic (exact) mass is 381 g/mol. The molecule has 6 rings (SSSR count). The molecule has 0 radical (unpaired) electrons. The highest BCUT2D eigenvalue weighted by Crippen LogP contribution is 2.60. The Kier molecular flexibility index (Phi) is 4.48. The second-order valence-corrected chi connectivity index (χ2v) is 9.95. The third-order valence-corrected chi connectivity index (χ3v) is 7.78. The number of rotatable bonds is 4. The molecule has 0 spiro atoms. The third-order valence-electron chi connectivity index (χ3n) is 7.78. The van der Waals surface area contributed by atoms with Gasteiger partial charge in [0.25, 0.3) is 0 Å². The summed E-state index contributed by atoms with van der Waals surface area (Å²) in [5.74, 6) is 2.26. The smallest absolute Gasteiger partial charge is 0.329 e. The van der Waals surface area contributed by atoms with Crippen LogP contribution in [0.3, 0.4) is 0 Å². The molecule has 5 aliphatic rings. The molecule has 1 atom stereocenters. The summed E-state index contributed by atoms with van der Waals surface area (Å²) < 4.78 is 5.62. The van der Waals surface area contributed by atoms with Crippen molar-refractivity contribution < 1.29 is 14.3 Å². The van der Waals surface area contributed by atoms with E-state index in [0.717, 1.165) is 55.4 Å². The molecule has 4 nitrogen and oxygen atoms in total. The number of amides is 1. The quantitative estimate of drug-likeness (QED) is 0.733. The molecule has 5 fully saturated rings. The summed E-state index contributed by atoms with van der Waals surface area (Å²) in [6.07, 6.45) is 8.79. The molecule has 1 aliphatic heterocycles. The van der Waals surface area contributed by atoms with E-state index < -0.39 is 0 Å². The molecule has 4 saturated carbocycles. The van der Waals surface area contributed by atoms with Crippen molar-refractivity contribution in [2.75, 3.05) is 6.54 Å². The maximum Gasteiger partial charge on any atom is 0.329 e. The summed E-state index contributed by atoms with van der Waals surface area (Å²) in [5, 5.41) is 0. The number of benzene rings is 1. The SMILES string of the molecule is Cc1ccc(COC(=O)[C@H]2CCCN2C(=O)C23CC4CC(CC(C4)C2)C3)cc1.